The number of fused-ring (bicyclic) bond motifs is 1. The highest BCUT2D eigenvalue weighted by Gasteiger charge is 2.25. The Hall–Kier alpha value is -0.740. The predicted molar refractivity (Wildman–Crippen MR) is 60.2 cm³/mol. The van der Waals surface area contributed by atoms with Crippen LogP contribution in [0.25, 0.3) is 5.57 Å². The summed E-state index contributed by atoms with van der Waals surface area (Å²) in [6.07, 6.45) is 0. The van der Waals surface area contributed by atoms with Gasteiger partial charge in [0.2, 0.25) is 9.84 Å². The summed E-state index contributed by atoms with van der Waals surface area (Å²) < 4.78 is 23.2. The van der Waals surface area contributed by atoms with Crippen LogP contribution in [0.2, 0.25) is 0 Å². The maximum absolute atomic E-state index is 11.6. The van der Waals surface area contributed by atoms with E-state index < -0.39 is 9.84 Å². The van der Waals surface area contributed by atoms with Crippen molar-refractivity contribution in [2.45, 2.75) is 11.8 Å². The van der Waals surface area contributed by atoms with Crippen LogP contribution >= 0.6 is 12.6 Å². The van der Waals surface area contributed by atoms with E-state index in [-0.39, 0.29) is 0 Å². The van der Waals surface area contributed by atoms with Gasteiger partial charge in [-0.15, -0.1) is 0 Å². The number of benzene rings is 1. The predicted octanol–water partition coefficient (Wildman–Crippen LogP) is 2.05. The second-order valence-electron chi connectivity index (χ2n) is 3.35. The molecule has 14 heavy (non-hydrogen) atoms. The Balaban J connectivity index is 2.75. The Kier molecular flexibility index (Phi) is 2.20. The van der Waals surface area contributed by atoms with Gasteiger partial charge in [0.05, 0.1) is 4.90 Å². The molecule has 1 aromatic carbocycles. The van der Waals surface area contributed by atoms with Crippen molar-refractivity contribution in [1.82, 2.24) is 0 Å². The van der Waals surface area contributed by atoms with E-state index in [0.29, 0.717) is 10.6 Å². The van der Waals surface area contributed by atoms with Gasteiger partial charge in [-0.3, -0.25) is 0 Å². The van der Waals surface area contributed by atoms with Crippen LogP contribution in [0.1, 0.15) is 11.1 Å². The Morgan fingerprint density at radius 1 is 1.36 bits per heavy atom. The van der Waals surface area contributed by atoms with E-state index in [9.17, 15) is 8.42 Å². The van der Waals surface area contributed by atoms with E-state index in [4.69, 9.17) is 0 Å². The molecule has 2 nitrogen and oxygen atoms in total. The fourth-order valence-electron chi connectivity index (χ4n) is 1.58. The van der Waals surface area contributed by atoms with Gasteiger partial charge in [0, 0.05) is 11.2 Å². The molecule has 0 aromatic heterocycles. The quantitative estimate of drug-likeness (QED) is 0.744. The van der Waals surface area contributed by atoms with E-state index in [1.54, 1.807) is 6.07 Å². The molecule has 0 unspecified atom stereocenters. The van der Waals surface area contributed by atoms with Crippen LogP contribution in [0, 0.1) is 6.92 Å². The van der Waals surface area contributed by atoms with E-state index in [0.717, 1.165) is 16.7 Å². The van der Waals surface area contributed by atoms with Crippen molar-refractivity contribution in [2.24, 2.45) is 0 Å². The molecular formula is C10H10O2S2. The molecule has 1 aromatic rings. The minimum atomic E-state index is -3.19. The second-order valence-corrected chi connectivity index (χ2v) is 5.43. The SMILES string of the molecule is Cc1ccc2c(c1)C(CS)=CS2(=O)=O. The van der Waals surface area contributed by atoms with Crippen molar-refractivity contribution in [3.63, 3.8) is 0 Å². The van der Waals surface area contributed by atoms with Gasteiger partial charge in [0.25, 0.3) is 0 Å². The highest BCUT2D eigenvalue weighted by Crippen LogP contribution is 2.34. The molecular weight excluding hydrogens is 216 g/mol. The largest absolute Gasteiger partial charge is 0.219 e. The first-order valence-electron chi connectivity index (χ1n) is 4.22. The normalized spacial score (nSPS) is 17.7. The first-order chi connectivity index (χ1) is 6.54. The number of thiol groups is 1. The Morgan fingerprint density at radius 3 is 2.71 bits per heavy atom. The van der Waals surface area contributed by atoms with E-state index >= 15 is 0 Å². The van der Waals surface area contributed by atoms with Gasteiger partial charge in [0.1, 0.15) is 0 Å². The zero-order chi connectivity index (χ0) is 10.3. The average Bonchev–Trinajstić information content (AvgIpc) is 2.37. The smallest absolute Gasteiger partial charge is 0.200 e. The highest BCUT2D eigenvalue weighted by atomic mass is 32.2. The Labute approximate surface area is 89.0 Å². The number of rotatable bonds is 1. The van der Waals surface area contributed by atoms with Crippen molar-refractivity contribution in [2.75, 3.05) is 5.75 Å². The lowest BCUT2D eigenvalue weighted by atomic mass is 10.1. The maximum atomic E-state index is 11.6. The molecule has 1 heterocycles. The summed E-state index contributed by atoms with van der Waals surface area (Å²) in [6.45, 7) is 1.95. The van der Waals surface area contributed by atoms with Crippen LogP contribution in [0.15, 0.2) is 28.5 Å². The van der Waals surface area contributed by atoms with Crippen molar-refractivity contribution in [1.29, 1.82) is 0 Å². The molecule has 0 aliphatic carbocycles. The van der Waals surface area contributed by atoms with Crippen LogP contribution in [0.4, 0.5) is 0 Å². The monoisotopic (exact) mass is 226 g/mol. The van der Waals surface area contributed by atoms with Crippen LogP contribution in [-0.2, 0) is 9.84 Å². The summed E-state index contributed by atoms with van der Waals surface area (Å²) >= 11 is 4.12. The molecule has 0 radical (unpaired) electrons. The van der Waals surface area contributed by atoms with Gasteiger partial charge < -0.3 is 0 Å². The minimum Gasteiger partial charge on any atom is -0.219 e. The van der Waals surface area contributed by atoms with Crippen molar-refractivity contribution < 1.29 is 8.42 Å². The summed E-state index contributed by atoms with van der Waals surface area (Å²) in [6, 6.07) is 5.36. The van der Waals surface area contributed by atoms with Gasteiger partial charge in [0.15, 0.2) is 0 Å². The second kappa shape index (κ2) is 3.14. The van der Waals surface area contributed by atoms with E-state index in [1.807, 2.05) is 19.1 Å². The van der Waals surface area contributed by atoms with Crippen molar-refractivity contribution in [3.05, 3.63) is 34.7 Å². The minimum absolute atomic E-state index is 0.409. The molecule has 4 heteroatoms. The third kappa shape index (κ3) is 1.38. The molecule has 74 valence electrons. The molecule has 0 saturated carbocycles. The number of sulfone groups is 1. The highest BCUT2D eigenvalue weighted by molar-refractivity contribution is 7.95. The van der Waals surface area contributed by atoms with Gasteiger partial charge in [-0.05, 0) is 24.1 Å². The lowest BCUT2D eigenvalue weighted by molar-refractivity contribution is 0.605. The van der Waals surface area contributed by atoms with E-state index in [1.165, 1.54) is 5.41 Å². The fraction of sp³-hybridized carbons (Fsp3) is 0.200. The summed E-state index contributed by atoms with van der Waals surface area (Å²) in [5.41, 5.74) is 2.65. The molecule has 1 aliphatic heterocycles. The standard InChI is InChI=1S/C10H10O2S2/c1-7-2-3-10-9(4-7)8(5-13)6-14(10,11)12/h2-4,6,13H,5H2,1H3. The van der Waals surface area contributed by atoms with Gasteiger partial charge >= 0.3 is 0 Å². The van der Waals surface area contributed by atoms with E-state index in [2.05, 4.69) is 12.6 Å². The van der Waals surface area contributed by atoms with Crippen LogP contribution < -0.4 is 0 Å². The van der Waals surface area contributed by atoms with Gasteiger partial charge in [-0.1, -0.05) is 17.7 Å². The van der Waals surface area contributed by atoms with Crippen LogP contribution in [0.3, 0.4) is 0 Å². The third-order valence-corrected chi connectivity index (χ3v) is 4.16. The lowest BCUT2D eigenvalue weighted by Gasteiger charge is -2.02. The number of hydrogen-bond acceptors (Lipinski definition) is 3. The molecule has 0 saturated heterocycles. The zero-order valence-corrected chi connectivity index (χ0v) is 9.40. The number of hydrogen-bond donors (Lipinski definition) is 1. The average molecular weight is 226 g/mol. The summed E-state index contributed by atoms with van der Waals surface area (Å²) in [5.74, 6) is 0.454. The molecule has 0 bridgehead atoms. The summed E-state index contributed by atoms with van der Waals surface area (Å²) in [5, 5.41) is 1.31. The first kappa shape index (κ1) is 9.80. The molecule has 2 rings (SSSR count). The summed E-state index contributed by atoms with van der Waals surface area (Å²) in [7, 11) is -3.19. The molecule has 0 N–H and O–H groups in total. The first-order valence-corrected chi connectivity index (χ1v) is 6.40. The number of aryl methyl sites for hydroxylation is 1. The fourth-order valence-corrected chi connectivity index (χ4v) is 3.43. The van der Waals surface area contributed by atoms with Crippen LogP contribution in [-0.4, -0.2) is 14.2 Å². The van der Waals surface area contributed by atoms with Gasteiger partial charge in [-0.2, -0.15) is 12.6 Å². The third-order valence-electron chi connectivity index (χ3n) is 2.26. The zero-order valence-electron chi connectivity index (χ0n) is 7.69. The maximum Gasteiger partial charge on any atom is 0.200 e. The molecule has 0 fully saturated rings. The van der Waals surface area contributed by atoms with Gasteiger partial charge in [-0.25, -0.2) is 8.42 Å². The molecule has 0 atom stereocenters. The van der Waals surface area contributed by atoms with Crippen molar-refractivity contribution >= 4 is 28.0 Å². The Morgan fingerprint density at radius 2 is 2.07 bits per heavy atom. The van der Waals surface area contributed by atoms with Crippen molar-refractivity contribution in [3.8, 4) is 0 Å². The molecule has 1 aliphatic rings. The summed E-state index contributed by atoms with van der Waals surface area (Å²) in [4.78, 5) is 0.409. The topological polar surface area (TPSA) is 34.1 Å². The Bertz CT molecular complexity index is 513. The molecule has 0 spiro atoms. The van der Waals surface area contributed by atoms with Crippen LogP contribution in [0.5, 0.6) is 0 Å². The molecule has 0 amide bonds. The lowest BCUT2D eigenvalue weighted by Crippen LogP contribution is -1.93.